The number of carbonyl (C=O) groups excluding carboxylic acids is 1. The molecule has 6 nitrogen and oxygen atoms in total. The molecule has 2 aromatic heterocycles. The van der Waals surface area contributed by atoms with Crippen LogP contribution < -0.4 is 10.6 Å². The zero-order valence-corrected chi connectivity index (χ0v) is 17.9. The van der Waals surface area contributed by atoms with Crippen LogP contribution in [0, 0.1) is 0 Å². The number of hydrogen-bond donors (Lipinski definition) is 2. The van der Waals surface area contributed by atoms with Crippen LogP contribution in [-0.4, -0.2) is 40.3 Å². The lowest BCUT2D eigenvalue weighted by Gasteiger charge is -2.29. The molecule has 3 aromatic rings. The Hall–Kier alpha value is -2.64. The average Bonchev–Trinajstić information content (AvgIpc) is 3.45. The molecule has 2 N–H and O–H groups in total. The lowest BCUT2D eigenvalue weighted by molar-refractivity contribution is 0.206. The van der Waals surface area contributed by atoms with Gasteiger partial charge in [0, 0.05) is 25.5 Å². The van der Waals surface area contributed by atoms with E-state index in [1.807, 2.05) is 29.1 Å². The van der Waals surface area contributed by atoms with Crippen molar-refractivity contribution in [2.45, 2.75) is 33.0 Å². The molecule has 7 heteroatoms. The molecule has 0 spiro atoms. The van der Waals surface area contributed by atoms with Crippen molar-refractivity contribution in [3.05, 3.63) is 76.2 Å². The molecule has 0 bridgehead atoms. The van der Waals surface area contributed by atoms with Crippen molar-refractivity contribution < 1.29 is 4.79 Å². The van der Waals surface area contributed by atoms with Crippen molar-refractivity contribution in [1.29, 1.82) is 0 Å². The minimum atomic E-state index is -0.141. The molecule has 3 rings (SSSR count). The van der Waals surface area contributed by atoms with E-state index in [0.717, 1.165) is 25.2 Å². The average molecular weight is 412 g/mol. The van der Waals surface area contributed by atoms with Gasteiger partial charge >= 0.3 is 6.03 Å². The zero-order chi connectivity index (χ0) is 20.5. The molecule has 0 aliphatic carbocycles. The van der Waals surface area contributed by atoms with Crippen LogP contribution in [0.1, 0.15) is 36.6 Å². The molecule has 0 saturated heterocycles. The van der Waals surface area contributed by atoms with E-state index in [4.69, 9.17) is 0 Å². The summed E-state index contributed by atoms with van der Waals surface area (Å²) in [7, 11) is 0. The van der Waals surface area contributed by atoms with Crippen LogP contribution in [0.25, 0.3) is 0 Å². The summed E-state index contributed by atoms with van der Waals surface area (Å²) in [6.45, 7) is 8.04. The summed E-state index contributed by atoms with van der Waals surface area (Å²) in [6, 6.07) is 12.3. The van der Waals surface area contributed by atoms with Gasteiger partial charge in [-0.2, -0.15) is 16.4 Å². The summed E-state index contributed by atoms with van der Waals surface area (Å²) in [5.74, 6) is 0. The van der Waals surface area contributed by atoms with Gasteiger partial charge in [0.15, 0.2) is 0 Å². The molecule has 154 valence electrons. The Morgan fingerprint density at radius 3 is 2.52 bits per heavy atom. The summed E-state index contributed by atoms with van der Waals surface area (Å²) in [5.41, 5.74) is 3.51. The van der Waals surface area contributed by atoms with Gasteiger partial charge in [-0.25, -0.2) is 4.79 Å². The van der Waals surface area contributed by atoms with Crippen molar-refractivity contribution in [1.82, 2.24) is 25.3 Å². The van der Waals surface area contributed by atoms with Crippen LogP contribution in [0.15, 0.2) is 59.6 Å². The number of benzene rings is 1. The Balaban J connectivity index is 1.47. The third kappa shape index (κ3) is 6.17. The number of aromatic nitrogens is 2. The molecule has 2 heterocycles. The molecule has 1 atom stereocenters. The summed E-state index contributed by atoms with van der Waals surface area (Å²) in [5, 5.41) is 14.5. The Morgan fingerprint density at radius 1 is 1.14 bits per heavy atom. The fourth-order valence-electron chi connectivity index (χ4n) is 3.36. The predicted octanol–water partition coefficient (Wildman–Crippen LogP) is 3.88. The summed E-state index contributed by atoms with van der Waals surface area (Å²) in [6.07, 6.45) is 3.72. The number of nitrogens with zero attached hydrogens (tertiary/aromatic N) is 3. The Kier molecular flexibility index (Phi) is 7.84. The molecule has 0 radical (unpaired) electrons. The first-order valence-corrected chi connectivity index (χ1v) is 11.0. The van der Waals surface area contributed by atoms with Crippen LogP contribution in [-0.2, 0) is 13.1 Å². The molecule has 2 amide bonds. The van der Waals surface area contributed by atoms with Gasteiger partial charge in [0.2, 0.25) is 0 Å². The lowest BCUT2D eigenvalue weighted by atomic mass is 10.1. The quantitative estimate of drug-likeness (QED) is 0.532. The first-order chi connectivity index (χ1) is 14.2. The Labute approximate surface area is 176 Å². The van der Waals surface area contributed by atoms with Crippen molar-refractivity contribution in [3.63, 3.8) is 0 Å². The van der Waals surface area contributed by atoms with E-state index in [1.54, 1.807) is 17.5 Å². The van der Waals surface area contributed by atoms with Crippen molar-refractivity contribution in [2.24, 2.45) is 0 Å². The van der Waals surface area contributed by atoms with Gasteiger partial charge in [-0.1, -0.05) is 38.1 Å². The van der Waals surface area contributed by atoms with E-state index in [-0.39, 0.29) is 12.1 Å². The summed E-state index contributed by atoms with van der Waals surface area (Å²) >= 11 is 1.69. The minimum absolute atomic E-state index is 0.141. The van der Waals surface area contributed by atoms with E-state index in [0.29, 0.717) is 13.1 Å². The number of nitrogens with one attached hydrogen (secondary N) is 2. The van der Waals surface area contributed by atoms with Crippen molar-refractivity contribution >= 4 is 17.4 Å². The molecule has 0 fully saturated rings. The fraction of sp³-hybridized carbons (Fsp3) is 0.364. The van der Waals surface area contributed by atoms with Crippen molar-refractivity contribution in [2.75, 3.05) is 19.6 Å². The van der Waals surface area contributed by atoms with Crippen LogP contribution in [0.3, 0.4) is 0 Å². The monoisotopic (exact) mass is 411 g/mol. The maximum Gasteiger partial charge on any atom is 0.315 e. The van der Waals surface area contributed by atoms with E-state index < -0.39 is 0 Å². The second kappa shape index (κ2) is 10.8. The van der Waals surface area contributed by atoms with Gasteiger partial charge in [-0.3, -0.25) is 9.58 Å². The minimum Gasteiger partial charge on any atom is -0.336 e. The number of urea groups is 1. The van der Waals surface area contributed by atoms with Crippen LogP contribution in [0.4, 0.5) is 4.79 Å². The Morgan fingerprint density at radius 2 is 1.90 bits per heavy atom. The highest BCUT2D eigenvalue weighted by Crippen LogP contribution is 2.22. The fourth-order valence-corrected chi connectivity index (χ4v) is 4.07. The first kappa shape index (κ1) is 21.1. The normalized spacial score (nSPS) is 12.1. The molecular formula is C22H29N5OS. The maximum atomic E-state index is 12.3. The molecule has 0 saturated carbocycles. The smallest absolute Gasteiger partial charge is 0.315 e. The van der Waals surface area contributed by atoms with Gasteiger partial charge in [0.05, 0.1) is 12.6 Å². The lowest BCUT2D eigenvalue weighted by Crippen LogP contribution is -2.41. The third-order valence-electron chi connectivity index (χ3n) is 5.02. The van der Waals surface area contributed by atoms with E-state index in [9.17, 15) is 4.79 Å². The van der Waals surface area contributed by atoms with Crippen LogP contribution in [0.5, 0.6) is 0 Å². The highest BCUT2D eigenvalue weighted by atomic mass is 32.1. The third-order valence-corrected chi connectivity index (χ3v) is 5.72. The summed E-state index contributed by atoms with van der Waals surface area (Å²) < 4.78 is 1.89. The Bertz CT molecular complexity index is 842. The van der Waals surface area contributed by atoms with E-state index in [2.05, 4.69) is 63.4 Å². The topological polar surface area (TPSA) is 62.2 Å². The number of carbonyl (C=O) groups is 1. The van der Waals surface area contributed by atoms with Gasteiger partial charge in [-0.05, 0) is 52.7 Å². The van der Waals surface area contributed by atoms with Gasteiger partial charge in [0.25, 0.3) is 0 Å². The van der Waals surface area contributed by atoms with E-state index in [1.165, 1.54) is 11.1 Å². The molecule has 29 heavy (non-hydrogen) atoms. The van der Waals surface area contributed by atoms with Crippen LogP contribution >= 0.6 is 11.3 Å². The highest BCUT2D eigenvalue weighted by Gasteiger charge is 2.19. The number of rotatable bonds is 10. The van der Waals surface area contributed by atoms with Gasteiger partial charge in [-0.15, -0.1) is 0 Å². The largest absolute Gasteiger partial charge is 0.336 e. The molecule has 1 unspecified atom stereocenters. The zero-order valence-electron chi connectivity index (χ0n) is 17.0. The standard InChI is InChI=1S/C22H29N5OS/c1-3-26(4-2)21(20-10-13-29-17-20)15-24-22(28)23-14-18-6-8-19(9-7-18)16-27-12-5-11-25-27/h5-13,17,21H,3-4,14-16H2,1-2H3,(H2,23,24,28). The molecular weight excluding hydrogens is 382 g/mol. The maximum absolute atomic E-state index is 12.3. The number of amides is 2. The van der Waals surface area contributed by atoms with Crippen molar-refractivity contribution in [3.8, 4) is 0 Å². The highest BCUT2D eigenvalue weighted by molar-refractivity contribution is 7.07. The molecule has 0 aliphatic rings. The second-order valence-electron chi connectivity index (χ2n) is 6.88. The number of hydrogen-bond acceptors (Lipinski definition) is 4. The second-order valence-corrected chi connectivity index (χ2v) is 7.66. The SMILES string of the molecule is CCN(CC)C(CNC(=O)NCc1ccc(Cn2cccn2)cc1)c1ccsc1. The van der Waals surface area contributed by atoms with Gasteiger partial charge in [0.1, 0.15) is 0 Å². The molecule has 1 aromatic carbocycles. The summed E-state index contributed by atoms with van der Waals surface area (Å²) in [4.78, 5) is 14.7. The first-order valence-electron chi connectivity index (χ1n) is 10.0. The van der Waals surface area contributed by atoms with E-state index >= 15 is 0 Å². The predicted molar refractivity (Wildman–Crippen MR) is 118 cm³/mol. The number of likely N-dealkylation sites (N-methyl/N-ethyl adjacent to an activating group) is 1. The molecule has 0 aliphatic heterocycles. The van der Waals surface area contributed by atoms with Crippen LogP contribution in [0.2, 0.25) is 0 Å². The van der Waals surface area contributed by atoms with Gasteiger partial charge < -0.3 is 10.6 Å². The number of thiophene rings is 1.